The molecule has 0 radical (unpaired) electrons. The molecule has 0 aliphatic carbocycles. The summed E-state index contributed by atoms with van der Waals surface area (Å²) in [5, 5.41) is 2.14. The highest BCUT2D eigenvalue weighted by molar-refractivity contribution is 7.09. The molecule has 0 bridgehead atoms. The average Bonchev–Trinajstić information content (AvgIpc) is 2.98. The smallest absolute Gasteiger partial charge is 0.118 e. The van der Waals surface area contributed by atoms with E-state index in [1.165, 1.54) is 9.78 Å². The van der Waals surface area contributed by atoms with Gasteiger partial charge in [-0.15, -0.1) is 11.3 Å². The van der Waals surface area contributed by atoms with Crippen LogP contribution in [0.5, 0.6) is 0 Å². The van der Waals surface area contributed by atoms with Gasteiger partial charge in [0.05, 0.1) is 27.2 Å². The Balaban J connectivity index is 1.96. The molecular formula is C15H23N2OS+. The normalized spacial score (nSPS) is 11.6. The number of quaternary nitrogens is 1. The average molecular weight is 279 g/mol. The minimum Gasteiger partial charge on any atom is -0.465 e. The molecular weight excluding hydrogens is 256 g/mol. The largest absolute Gasteiger partial charge is 0.465 e. The van der Waals surface area contributed by atoms with Crippen molar-refractivity contribution in [3.63, 3.8) is 0 Å². The van der Waals surface area contributed by atoms with E-state index in [-0.39, 0.29) is 0 Å². The van der Waals surface area contributed by atoms with E-state index >= 15 is 0 Å². The molecule has 0 aromatic carbocycles. The van der Waals surface area contributed by atoms with E-state index in [1.807, 2.05) is 24.3 Å². The van der Waals surface area contributed by atoms with Crippen LogP contribution in [0.4, 0.5) is 0 Å². The Labute approximate surface area is 119 Å². The van der Waals surface area contributed by atoms with Gasteiger partial charge in [0, 0.05) is 18.0 Å². The lowest BCUT2D eigenvalue weighted by molar-refractivity contribution is -0.857. The van der Waals surface area contributed by atoms with Gasteiger partial charge in [0.1, 0.15) is 11.5 Å². The van der Waals surface area contributed by atoms with Crippen LogP contribution in [0.15, 0.2) is 34.1 Å². The third-order valence-electron chi connectivity index (χ3n) is 3.06. The Hall–Kier alpha value is -1.10. The van der Waals surface area contributed by atoms with Gasteiger partial charge in [-0.1, -0.05) is 6.07 Å². The topological polar surface area (TPSA) is 20.8 Å². The first kappa shape index (κ1) is 14.3. The van der Waals surface area contributed by atoms with Gasteiger partial charge in [-0.3, -0.25) is 4.90 Å². The van der Waals surface area contributed by atoms with Gasteiger partial charge < -0.3 is 9.32 Å². The van der Waals surface area contributed by atoms with Gasteiger partial charge >= 0.3 is 0 Å². The van der Waals surface area contributed by atoms with Crippen LogP contribution in [0.25, 0.3) is 0 Å². The fourth-order valence-corrected chi connectivity index (χ4v) is 2.76. The van der Waals surface area contributed by atoms with Gasteiger partial charge in [-0.2, -0.15) is 0 Å². The molecule has 0 unspecified atom stereocenters. The van der Waals surface area contributed by atoms with Gasteiger partial charge in [0.25, 0.3) is 0 Å². The molecule has 0 fully saturated rings. The second-order valence-electron chi connectivity index (χ2n) is 5.26. The highest BCUT2D eigenvalue weighted by atomic mass is 32.1. The molecule has 0 saturated carbocycles. The van der Waals surface area contributed by atoms with Crippen LogP contribution < -0.4 is 4.90 Å². The SMILES string of the molecule is Cc1ccc(CN(CC[NH+](C)C)Cc2cccs2)o1. The number of thiophene rings is 1. The van der Waals surface area contributed by atoms with Crippen molar-refractivity contribution in [2.24, 2.45) is 0 Å². The number of aryl methyl sites for hydroxylation is 1. The molecule has 4 heteroatoms. The molecule has 0 aliphatic heterocycles. The first-order chi connectivity index (χ1) is 9.13. The lowest BCUT2D eigenvalue weighted by Crippen LogP contribution is -3.06. The van der Waals surface area contributed by atoms with E-state index in [2.05, 4.69) is 42.6 Å². The monoisotopic (exact) mass is 279 g/mol. The zero-order valence-corrected chi connectivity index (χ0v) is 12.8. The number of nitrogens with zero attached hydrogens (tertiary/aromatic N) is 1. The number of likely N-dealkylation sites (N-methyl/N-ethyl adjacent to an activating group) is 1. The second kappa shape index (κ2) is 6.89. The maximum Gasteiger partial charge on any atom is 0.118 e. The van der Waals surface area contributed by atoms with Crippen LogP contribution in [0.2, 0.25) is 0 Å². The zero-order chi connectivity index (χ0) is 13.7. The summed E-state index contributed by atoms with van der Waals surface area (Å²) in [6, 6.07) is 8.44. The third kappa shape index (κ3) is 4.82. The van der Waals surface area contributed by atoms with Crippen molar-refractivity contribution in [2.75, 3.05) is 27.2 Å². The summed E-state index contributed by atoms with van der Waals surface area (Å²) in [5.74, 6) is 2.05. The van der Waals surface area contributed by atoms with Crippen molar-refractivity contribution in [3.8, 4) is 0 Å². The highest BCUT2D eigenvalue weighted by Crippen LogP contribution is 2.15. The quantitative estimate of drug-likeness (QED) is 0.834. The molecule has 0 saturated heterocycles. The number of nitrogens with one attached hydrogen (secondary N) is 1. The third-order valence-corrected chi connectivity index (χ3v) is 3.92. The summed E-state index contributed by atoms with van der Waals surface area (Å²) in [4.78, 5) is 5.35. The number of hydrogen-bond donors (Lipinski definition) is 1. The maximum atomic E-state index is 5.69. The summed E-state index contributed by atoms with van der Waals surface area (Å²) < 4.78 is 5.69. The summed E-state index contributed by atoms with van der Waals surface area (Å²) in [6.45, 7) is 6.12. The van der Waals surface area contributed by atoms with E-state index in [0.29, 0.717) is 0 Å². The van der Waals surface area contributed by atoms with E-state index in [9.17, 15) is 0 Å². The van der Waals surface area contributed by atoms with Crippen LogP contribution in [0.1, 0.15) is 16.4 Å². The van der Waals surface area contributed by atoms with Crippen molar-refractivity contribution in [2.45, 2.75) is 20.0 Å². The van der Waals surface area contributed by atoms with Crippen LogP contribution in [-0.4, -0.2) is 32.1 Å². The lowest BCUT2D eigenvalue weighted by Gasteiger charge is -2.21. The van der Waals surface area contributed by atoms with Crippen LogP contribution in [0.3, 0.4) is 0 Å². The Bertz CT molecular complexity index is 476. The zero-order valence-electron chi connectivity index (χ0n) is 12.0. The Kier molecular flexibility index (Phi) is 5.19. The van der Waals surface area contributed by atoms with Gasteiger partial charge in [0.15, 0.2) is 0 Å². The first-order valence-electron chi connectivity index (χ1n) is 6.72. The maximum absolute atomic E-state index is 5.69. The molecule has 1 N–H and O–H groups in total. The van der Waals surface area contributed by atoms with E-state index in [1.54, 1.807) is 0 Å². The molecule has 0 spiro atoms. The van der Waals surface area contributed by atoms with Crippen molar-refractivity contribution >= 4 is 11.3 Å². The first-order valence-corrected chi connectivity index (χ1v) is 7.60. The predicted octanol–water partition coefficient (Wildman–Crippen LogP) is 1.80. The standard InChI is InChI=1S/C15H22N2OS/c1-13-6-7-14(18-13)11-17(9-8-16(2)3)12-15-5-4-10-19-15/h4-7,10H,8-9,11-12H2,1-3H3/p+1. The summed E-state index contributed by atoms with van der Waals surface area (Å²) in [6.07, 6.45) is 0. The minimum atomic E-state index is 0.888. The molecule has 2 heterocycles. The van der Waals surface area contributed by atoms with E-state index in [0.717, 1.165) is 37.7 Å². The van der Waals surface area contributed by atoms with Crippen LogP contribution in [-0.2, 0) is 13.1 Å². The van der Waals surface area contributed by atoms with Crippen LogP contribution >= 0.6 is 11.3 Å². The number of hydrogen-bond acceptors (Lipinski definition) is 3. The molecule has 2 rings (SSSR count). The molecule has 19 heavy (non-hydrogen) atoms. The Morgan fingerprint density at radius 1 is 1.21 bits per heavy atom. The number of furan rings is 1. The highest BCUT2D eigenvalue weighted by Gasteiger charge is 2.11. The van der Waals surface area contributed by atoms with E-state index < -0.39 is 0 Å². The van der Waals surface area contributed by atoms with Crippen molar-refractivity contribution in [1.29, 1.82) is 0 Å². The van der Waals surface area contributed by atoms with Gasteiger partial charge in [-0.05, 0) is 30.5 Å². The van der Waals surface area contributed by atoms with Crippen molar-refractivity contribution < 1.29 is 9.32 Å². The van der Waals surface area contributed by atoms with E-state index in [4.69, 9.17) is 4.42 Å². The molecule has 2 aromatic rings. The Morgan fingerprint density at radius 3 is 2.63 bits per heavy atom. The molecule has 0 atom stereocenters. The second-order valence-corrected chi connectivity index (χ2v) is 6.29. The van der Waals surface area contributed by atoms with Gasteiger partial charge in [0.2, 0.25) is 0 Å². The summed E-state index contributed by atoms with van der Waals surface area (Å²) >= 11 is 1.82. The number of rotatable bonds is 7. The lowest BCUT2D eigenvalue weighted by atomic mass is 10.3. The van der Waals surface area contributed by atoms with Crippen LogP contribution in [0, 0.1) is 6.92 Å². The van der Waals surface area contributed by atoms with Crippen molar-refractivity contribution in [3.05, 3.63) is 46.0 Å². The molecule has 3 nitrogen and oxygen atoms in total. The fraction of sp³-hybridized carbons (Fsp3) is 0.467. The Morgan fingerprint density at radius 2 is 2.05 bits per heavy atom. The fourth-order valence-electron chi connectivity index (χ4n) is 2.01. The summed E-state index contributed by atoms with van der Waals surface area (Å²) in [7, 11) is 4.39. The van der Waals surface area contributed by atoms with Gasteiger partial charge in [-0.25, -0.2) is 0 Å². The van der Waals surface area contributed by atoms with Crippen molar-refractivity contribution in [1.82, 2.24) is 4.90 Å². The minimum absolute atomic E-state index is 0.888. The molecule has 104 valence electrons. The summed E-state index contributed by atoms with van der Waals surface area (Å²) in [5.41, 5.74) is 0. The molecule has 0 aliphatic rings. The molecule has 2 aromatic heterocycles. The predicted molar refractivity (Wildman–Crippen MR) is 79.6 cm³/mol. The molecule has 0 amide bonds.